The first-order chi connectivity index (χ1) is 15.2. The van der Waals surface area contributed by atoms with Gasteiger partial charge in [0.15, 0.2) is 5.96 Å². The second-order valence-corrected chi connectivity index (χ2v) is 7.69. The van der Waals surface area contributed by atoms with Gasteiger partial charge in [-0.3, -0.25) is 0 Å². The van der Waals surface area contributed by atoms with Gasteiger partial charge >= 0.3 is 0 Å². The smallest absolute Gasteiger partial charge is 0.194 e. The van der Waals surface area contributed by atoms with E-state index in [-0.39, 0.29) is 24.0 Å². The van der Waals surface area contributed by atoms with Crippen LogP contribution in [-0.4, -0.2) is 56.9 Å². The van der Waals surface area contributed by atoms with Crippen molar-refractivity contribution in [2.24, 2.45) is 4.99 Å². The van der Waals surface area contributed by atoms with Crippen molar-refractivity contribution in [3.63, 3.8) is 0 Å². The predicted molar refractivity (Wildman–Crippen MR) is 140 cm³/mol. The van der Waals surface area contributed by atoms with Crippen molar-refractivity contribution in [3.05, 3.63) is 65.7 Å². The summed E-state index contributed by atoms with van der Waals surface area (Å²) in [5.41, 5.74) is 2.38. The molecule has 1 N–H and O–H groups in total. The Morgan fingerprint density at radius 3 is 2.44 bits per heavy atom. The first kappa shape index (κ1) is 26.4. The van der Waals surface area contributed by atoms with Crippen LogP contribution < -0.4 is 10.1 Å². The molecule has 1 aliphatic heterocycles. The van der Waals surface area contributed by atoms with Crippen LogP contribution >= 0.6 is 24.0 Å². The van der Waals surface area contributed by atoms with E-state index in [1.807, 2.05) is 37.4 Å². The maximum Gasteiger partial charge on any atom is 0.194 e. The van der Waals surface area contributed by atoms with Crippen LogP contribution in [0.15, 0.2) is 59.6 Å². The summed E-state index contributed by atoms with van der Waals surface area (Å²) in [4.78, 5) is 6.89. The lowest BCUT2D eigenvalue weighted by Gasteiger charge is -2.22. The number of hydrogen-bond acceptors (Lipinski definition) is 4. The van der Waals surface area contributed by atoms with Gasteiger partial charge in [0.25, 0.3) is 0 Å². The van der Waals surface area contributed by atoms with Crippen LogP contribution in [-0.2, 0) is 22.6 Å². The maximum absolute atomic E-state index is 6.00. The van der Waals surface area contributed by atoms with Gasteiger partial charge in [-0.1, -0.05) is 42.5 Å². The van der Waals surface area contributed by atoms with E-state index in [1.54, 1.807) is 0 Å². The van der Waals surface area contributed by atoms with Gasteiger partial charge in [-0.05, 0) is 43.0 Å². The Hall–Kier alpha value is -1.84. The molecule has 0 aliphatic carbocycles. The molecule has 0 bridgehead atoms. The lowest BCUT2D eigenvalue weighted by molar-refractivity contribution is -0.0390. The summed E-state index contributed by atoms with van der Waals surface area (Å²) in [6.07, 6.45) is 2.30. The van der Waals surface area contributed by atoms with E-state index in [9.17, 15) is 0 Å². The number of hydrogen-bond donors (Lipinski definition) is 1. The van der Waals surface area contributed by atoms with Crippen LogP contribution in [0.2, 0.25) is 0 Å². The average Bonchev–Trinajstić information content (AvgIpc) is 2.82. The fourth-order valence-corrected chi connectivity index (χ4v) is 3.36. The molecule has 0 spiro atoms. The molecule has 3 rings (SSSR count). The lowest BCUT2D eigenvalue weighted by atomic mass is 10.1. The summed E-state index contributed by atoms with van der Waals surface area (Å²) in [7, 11) is 2.03. The van der Waals surface area contributed by atoms with Crippen LogP contribution in [0.4, 0.5) is 0 Å². The number of para-hydroxylation sites is 1. The van der Waals surface area contributed by atoms with Gasteiger partial charge in [0.1, 0.15) is 12.4 Å². The Labute approximate surface area is 209 Å². The fourth-order valence-electron chi connectivity index (χ4n) is 3.36. The van der Waals surface area contributed by atoms with E-state index in [0.717, 1.165) is 50.9 Å². The van der Waals surface area contributed by atoms with Crippen molar-refractivity contribution in [2.45, 2.75) is 39.0 Å². The summed E-state index contributed by atoms with van der Waals surface area (Å²) >= 11 is 0. The summed E-state index contributed by atoms with van der Waals surface area (Å²) in [5.74, 6) is 1.77. The minimum Gasteiger partial charge on any atom is -0.492 e. The largest absolute Gasteiger partial charge is 0.492 e. The Balaban J connectivity index is 0.00000363. The molecule has 2 aromatic carbocycles. The van der Waals surface area contributed by atoms with Gasteiger partial charge in [-0.25, -0.2) is 4.99 Å². The van der Waals surface area contributed by atoms with E-state index in [2.05, 4.69) is 41.4 Å². The molecule has 0 aromatic heterocycles. The van der Waals surface area contributed by atoms with Crippen molar-refractivity contribution in [3.8, 4) is 5.75 Å². The van der Waals surface area contributed by atoms with Crippen molar-refractivity contribution >= 4 is 29.9 Å². The zero-order valence-electron chi connectivity index (χ0n) is 19.2. The number of ether oxygens (including phenoxy) is 3. The van der Waals surface area contributed by atoms with Crippen LogP contribution in [0.5, 0.6) is 5.75 Å². The van der Waals surface area contributed by atoms with E-state index in [4.69, 9.17) is 19.2 Å². The average molecular weight is 553 g/mol. The summed E-state index contributed by atoms with van der Waals surface area (Å²) < 4.78 is 17.2. The van der Waals surface area contributed by atoms with E-state index < -0.39 is 0 Å². The van der Waals surface area contributed by atoms with Gasteiger partial charge in [0, 0.05) is 26.8 Å². The molecule has 2 aromatic rings. The summed E-state index contributed by atoms with van der Waals surface area (Å²) in [6.45, 7) is 7.16. The van der Waals surface area contributed by atoms with E-state index in [0.29, 0.717) is 25.9 Å². The number of halogens is 1. The van der Waals surface area contributed by atoms with E-state index >= 15 is 0 Å². The van der Waals surface area contributed by atoms with Gasteiger partial charge in [-0.15, -0.1) is 24.0 Å². The third-order valence-electron chi connectivity index (χ3n) is 5.22. The van der Waals surface area contributed by atoms with Crippen molar-refractivity contribution in [1.29, 1.82) is 0 Å². The monoisotopic (exact) mass is 553 g/mol. The molecule has 0 saturated carbocycles. The molecule has 0 amide bonds. The van der Waals surface area contributed by atoms with Crippen LogP contribution in [0.25, 0.3) is 0 Å². The summed E-state index contributed by atoms with van der Waals surface area (Å²) in [6, 6.07) is 18.4. The lowest BCUT2D eigenvalue weighted by Crippen LogP contribution is -2.40. The molecule has 0 unspecified atom stereocenters. The number of nitrogens with one attached hydrogen (secondary N) is 1. The number of benzene rings is 2. The second kappa shape index (κ2) is 15.1. The number of guanidine groups is 1. The molecular weight excluding hydrogens is 517 g/mol. The van der Waals surface area contributed by atoms with Crippen molar-refractivity contribution in [2.75, 3.05) is 40.0 Å². The molecule has 1 heterocycles. The molecule has 1 fully saturated rings. The number of likely N-dealkylation sites (N-methyl/N-ethyl adjacent to an activating group) is 1. The molecule has 6 nitrogen and oxygen atoms in total. The Kier molecular flexibility index (Phi) is 12.4. The number of aliphatic imine (C=N–C) groups is 1. The zero-order valence-corrected chi connectivity index (χ0v) is 21.5. The molecule has 7 heteroatoms. The number of nitrogens with zero attached hydrogens (tertiary/aromatic N) is 2. The quantitative estimate of drug-likeness (QED) is 0.267. The fraction of sp³-hybridized carbons (Fsp3) is 0.480. The highest BCUT2D eigenvalue weighted by Crippen LogP contribution is 2.14. The molecule has 0 atom stereocenters. The van der Waals surface area contributed by atoms with Gasteiger partial charge in [0.2, 0.25) is 0 Å². The standard InChI is InChI=1S/C25H35N3O3.HI/c1-3-26-25(28(2)15-18-30-23-7-5-4-6-8-23)27-19-21-9-11-22(12-10-21)20-31-24-13-16-29-17-14-24;/h4-12,24H,3,13-20H2,1-2H3,(H,26,27);1H. The first-order valence-electron chi connectivity index (χ1n) is 11.2. The Morgan fingerprint density at radius 2 is 1.75 bits per heavy atom. The first-order valence-corrected chi connectivity index (χ1v) is 11.2. The van der Waals surface area contributed by atoms with Gasteiger partial charge in [0.05, 0.1) is 25.8 Å². The third kappa shape index (κ3) is 9.34. The van der Waals surface area contributed by atoms with Crippen LogP contribution in [0, 0.1) is 0 Å². The molecule has 176 valence electrons. The predicted octanol–water partition coefficient (Wildman–Crippen LogP) is 4.48. The Morgan fingerprint density at radius 1 is 1.06 bits per heavy atom. The third-order valence-corrected chi connectivity index (χ3v) is 5.22. The molecule has 0 radical (unpaired) electrons. The normalized spacial score (nSPS) is 14.5. The van der Waals surface area contributed by atoms with Crippen LogP contribution in [0.1, 0.15) is 30.9 Å². The topological polar surface area (TPSA) is 55.3 Å². The maximum atomic E-state index is 6.00. The zero-order chi connectivity index (χ0) is 21.7. The molecular formula is C25H36IN3O3. The van der Waals surface area contributed by atoms with Crippen molar-refractivity contribution < 1.29 is 14.2 Å². The Bertz CT molecular complexity index is 781. The van der Waals surface area contributed by atoms with Gasteiger partial charge < -0.3 is 24.4 Å². The minimum absolute atomic E-state index is 0. The highest BCUT2D eigenvalue weighted by Gasteiger charge is 2.14. The second-order valence-electron chi connectivity index (χ2n) is 7.69. The van der Waals surface area contributed by atoms with Crippen molar-refractivity contribution in [1.82, 2.24) is 10.2 Å². The van der Waals surface area contributed by atoms with E-state index in [1.165, 1.54) is 11.1 Å². The minimum atomic E-state index is 0. The highest BCUT2D eigenvalue weighted by atomic mass is 127. The SMILES string of the molecule is CCNC(=NCc1ccc(COC2CCOCC2)cc1)N(C)CCOc1ccccc1.I. The number of rotatable bonds is 10. The summed E-state index contributed by atoms with van der Waals surface area (Å²) in [5, 5.41) is 3.36. The highest BCUT2D eigenvalue weighted by molar-refractivity contribution is 14.0. The molecule has 1 aliphatic rings. The molecule has 1 saturated heterocycles. The molecule has 32 heavy (non-hydrogen) atoms. The van der Waals surface area contributed by atoms with Gasteiger partial charge in [-0.2, -0.15) is 0 Å². The van der Waals surface area contributed by atoms with Crippen LogP contribution in [0.3, 0.4) is 0 Å².